The van der Waals surface area contributed by atoms with Crippen LogP contribution in [0.4, 0.5) is 0 Å². The van der Waals surface area contributed by atoms with Crippen LogP contribution in [0.25, 0.3) is 11.4 Å². The number of nitrogens with zero attached hydrogens (tertiary/aromatic N) is 3. The molecule has 0 amide bonds. The number of aromatic nitrogens is 3. The van der Waals surface area contributed by atoms with Crippen LogP contribution in [0.1, 0.15) is 38.1 Å². The summed E-state index contributed by atoms with van der Waals surface area (Å²) in [5.41, 5.74) is 7.65. The van der Waals surface area contributed by atoms with Gasteiger partial charge in [0.2, 0.25) is 11.7 Å². The molecular weight excluding hydrogens is 240 g/mol. The molecule has 0 aliphatic heterocycles. The molecule has 0 aromatic carbocycles. The molecule has 5 heteroatoms. The summed E-state index contributed by atoms with van der Waals surface area (Å²) in [6, 6.07) is 1.93. The van der Waals surface area contributed by atoms with E-state index in [4.69, 9.17) is 10.3 Å². The van der Waals surface area contributed by atoms with Crippen molar-refractivity contribution < 1.29 is 4.52 Å². The molecule has 0 saturated heterocycles. The first-order valence-electron chi connectivity index (χ1n) is 6.62. The Bertz CT molecular complexity index is 538. The number of aryl methyl sites for hydroxylation is 1. The summed E-state index contributed by atoms with van der Waals surface area (Å²) >= 11 is 0. The van der Waals surface area contributed by atoms with Crippen molar-refractivity contribution >= 4 is 0 Å². The molecule has 0 fully saturated rings. The highest BCUT2D eigenvalue weighted by Gasteiger charge is 2.33. The molecule has 0 bridgehead atoms. The maximum atomic E-state index is 5.90. The van der Waals surface area contributed by atoms with Crippen molar-refractivity contribution in [2.45, 2.75) is 39.0 Å². The van der Waals surface area contributed by atoms with Crippen LogP contribution in [-0.4, -0.2) is 21.7 Å². The van der Waals surface area contributed by atoms with Gasteiger partial charge in [0, 0.05) is 24.5 Å². The van der Waals surface area contributed by atoms with Crippen LogP contribution in [0.15, 0.2) is 23.0 Å². The van der Waals surface area contributed by atoms with Crippen LogP contribution in [0.5, 0.6) is 0 Å². The minimum atomic E-state index is -0.221. The van der Waals surface area contributed by atoms with Crippen LogP contribution in [0, 0.1) is 6.92 Å². The van der Waals surface area contributed by atoms with E-state index in [0.29, 0.717) is 18.3 Å². The van der Waals surface area contributed by atoms with E-state index < -0.39 is 0 Å². The van der Waals surface area contributed by atoms with Gasteiger partial charge in [0.1, 0.15) is 0 Å². The molecule has 2 rings (SSSR count). The first-order valence-corrected chi connectivity index (χ1v) is 6.62. The Labute approximate surface area is 113 Å². The average Bonchev–Trinajstić information content (AvgIpc) is 2.92. The third kappa shape index (κ3) is 2.38. The number of hydrogen-bond donors (Lipinski definition) is 1. The van der Waals surface area contributed by atoms with Crippen molar-refractivity contribution in [3.8, 4) is 11.4 Å². The van der Waals surface area contributed by atoms with E-state index in [-0.39, 0.29) is 5.41 Å². The zero-order valence-corrected chi connectivity index (χ0v) is 11.7. The summed E-state index contributed by atoms with van der Waals surface area (Å²) in [5.74, 6) is 1.21. The largest absolute Gasteiger partial charge is 0.338 e. The zero-order valence-electron chi connectivity index (χ0n) is 11.7. The number of rotatable bonds is 5. The number of hydrogen-bond acceptors (Lipinski definition) is 5. The monoisotopic (exact) mass is 260 g/mol. The molecule has 19 heavy (non-hydrogen) atoms. The Kier molecular flexibility index (Phi) is 3.95. The normalized spacial score (nSPS) is 11.8. The van der Waals surface area contributed by atoms with Gasteiger partial charge in [-0.25, -0.2) is 0 Å². The van der Waals surface area contributed by atoms with E-state index in [1.165, 1.54) is 0 Å². The van der Waals surface area contributed by atoms with Gasteiger partial charge in [-0.1, -0.05) is 19.0 Å². The van der Waals surface area contributed by atoms with Gasteiger partial charge in [0.25, 0.3) is 0 Å². The van der Waals surface area contributed by atoms with Gasteiger partial charge >= 0.3 is 0 Å². The maximum Gasteiger partial charge on any atom is 0.234 e. The second-order valence-electron chi connectivity index (χ2n) is 4.81. The van der Waals surface area contributed by atoms with E-state index in [1.807, 2.05) is 13.0 Å². The maximum absolute atomic E-state index is 5.90. The van der Waals surface area contributed by atoms with Crippen LogP contribution in [0.2, 0.25) is 0 Å². The Morgan fingerprint density at radius 3 is 2.63 bits per heavy atom. The smallest absolute Gasteiger partial charge is 0.234 e. The van der Waals surface area contributed by atoms with Crippen molar-refractivity contribution in [2.75, 3.05) is 6.54 Å². The highest BCUT2D eigenvalue weighted by molar-refractivity contribution is 5.57. The molecule has 0 atom stereocenters. The quantitative estimate of drug-likeness (QED) is 0.893. The lowest BCUT2D eigenvalue weighted by atomic mass is 9.82. The molecule has 0 unspecified atom stereocenters. The molecular formula is C14H20N4O. The van der Waals surface area contributed by atoms with Gasteiger partial charge in [-0.3, -0.25) is 4.98 Å². The highest BCUT2D eigenvalue weighted by atomic mass is 16.5. The van der Waals surface area contributed by atoms with Gasteiger partial charge < -0.3 is 10.3 Å². The van der Waals surface area contributed by atoms with E-state index in [0.717, 1.165) is 24.0 Å². The van der Waals surface area contributed by atoms with Gasteiger partial charge in [-0.15, -0.1) is 0 Å². The molecule has 2 aromatic rings. The van der Waals surface area contributed by atoms with E-state index in [2.05, 4.69) is 29.0 Å². The third-order valence-electron chi connectivity index (χ3n) is 3.90. The SMILES string of the molecule is CCC(CC)(CN)c1nc(-c2cnccc2C)no1. The summed E-state index contributed by atoms with van der Waals surface area (Å²) in [5, 5.41) is 4.08. The molecule has 2 heterocycles. The number of pyridine rings is 1. The van der Waals surface area contributed by atoms with Crippen molar-refractivity contribution in [1.29, 1.82) is 0 Å². The molecule has 5 nitrogen and oxygen atoms in total. The van der Waals surface area contributed by atoms with E-state index in [1.54, 1.807) is 12.4 Å². The van der Waals surface area contributed by atoms with Crippen molar-refractivity contribution in [1.82, 2.24) is 15.1 Å². The van der Waals surface area contributed by atoms with Crippen LogP contribution < -0.4 is 5.73 Å². The molecule has 0 spiro atoms. The molecule has 0 radical (unpaired) electrons. The minimum Gasteiger partial charge on any atom is -0.338 e. The van der Waals surface area contributed by atoms with Gasteiger partial charge in [0.05, 0.1) is 5.41 Å². The molecule has 102 valence electrons. The summed E-state index contributed by atoms with van der Waals surface area (Å²) < 4.78 is 5.44. The lowest BCUT2D eigenvalue weighted by Crippen LogP contribution is -2.34. The summed E-state index contributed by atoms with van der Waals surface area (Å²) in [6.07, 6.45) is 5.27. The summed E-state index contributed by atoms with van der Waals surface area (Å²) in [7, 11) is 0. The number of nitrogens with two attached hydrogens (primary N) is 1. The molecule has 0 aliphatic carbocycles. The highest BCUT2D eigenvalue weighted by Crippen LogP contribution is 2.31. The van der Waals surface area contributed by atoms with Crippen LogP contribution >= 0.6 is 0 Å². The van der Waals surface area contributed by atoms with Crippen molar-refractivity contribution in [3.63, 3.8) is 0 Å². The first kappa shape index (κ1) is 13.7. The second kappa shape index (κ2) is 5.48. The fourth-order valence-corrected chi connectivity index (χ4v) is 2.17. The van der Waals surface area contributed by atoms with Crippen molar-refractivity contribution in [3.05, 3.63) is 29.9 Å². The summed E-state index contributed by atoms with van der Waals surface area (Å²) in [6.45, 7) is 6.70. The van der Waals surface area contributed by atoms with Crippen LogP contribution in [0.3, 0.4) is 0 Å². The molecule has 0 aliphatic rings. The zero-order chi connectivity index (χ0) is 13.9. The lowest BCUT2D eigenvalue weighted by Gasteiger charge is -2.24. The fraction of sp³-hybridized carbons (Fsp3) is 0.500. The topological polar surface area (TPSA) is 77.8 Å². The van der Waals surface area contributed by atoms with Gasteiger partial charge in [-0.2, -0.15) is 4.98 Å². The fourth-order valence-electron chi connectivity index (χ4n) is 2.17. The predicted octanol–water partition coefficient (Wildman–Crippen LogP) is 2.46. The first-order chi connectivity index (χ1) is 9.16. The Balaban J connectivity index is 2.42. The minimum absolute atomic E-state index is 0.221. The molecule has 2 N–H and O–H groups in total. The van der Waals surface area contributed by atoms with E-state index in [9.17, 15) is 0 Å². The summed E-state index contributed by atoms with van der Waals surface area (Å²) in [4.78, 5) is 8.64. The molecule has 0 saturated carbocycles. The Hall–Kier alpha value is -1.75. The Morgan fingerprint density at radius 2 is 2.05 bits per heavy atom. The lowest BCUT2D eigenvalue weighted by molar-refractivity contribution is 0.267. The van der Waals surface area contributed by atoms with E-state index >= 15 is 0 Å². The van der Waals surface area contributed by atoms with Crippen molar-refractivity contribution in [2.24, 2.45) is 5.73 Å². The second-order valence-corrected chi connectivity index (χ2v) is 4.81. The molecule has 2 aromatic heterocycles. The average molecular weight is 260 g/mol. The van der Waals surface area contributed by atoms with Crippen LogP contribution in [-0.2, 0) is 5.41 Å². The third-order valence-corrected chi connectivity index (χ3v) is 3.90. The standard InChI is InChI=1S/C14H20N4O/c1-4-14(5-2,9-15)13-17-12(18-19-13)11-8-16-7-6-10(11)3/h6-8H,4-5,9,15H2,1-3H3. The Morgan fingerprint density at radius 1 is 1.32 bits per heavy atom. The predicted molar refractivity (Wildman–Crippen MR) is 73.6 cm³/mol. The van der Waals surface area contributed by atoms with Gasteiger partial charge in [0.15, 0.2) is 0 Å². The van der Waals surface area contributed by atoms with Gasteiger partial charge in [-0.05, 0) is 31.4 Å².